The number of halogens is 1. The van der Waals surface area contributed by atoms with Crippen LogP contribution in [0, 0.1) is 0 Å². The molecule has 17 heavy (non-hydrogen) atoms. The molecule has 0 aliphatic carbocycles. The van der Waals surface area contributed by atoms with E-state index in [-0.39, 0.29) is 0 Å². The lowest BCUT2D eigenvalue weighted by molar-refractivity contribution is 0.322. The van der Waals surface area contributed by atoms with Gasteiger partial charge in [-0.05, 0) is 36.2 Å². The first-order valence-corrected chi connectivity index (χ1v) is 6.66. The Balaban J connectivity index is 1.95. The summed E-state index contributed by atoms with van der Waals surface area (Å²) in [4.78, 5) is 3.45. The van der Waals surface area contributed by atoms with Crippen molar-refractivity contribution < 1.29 is 0 Å². The Morgan fingerprint density at radius 1 is 1.18 bits per heavy atom. The minimum Gasteiger partial charge on any atom is -0.399 e. The van der Waals surface area contributed by atoms with Gasteiger partial charge in [0.15, 0.2) is 0 Å². The standard InChI is InChI=1S/C13H15ClN2S/c1-16(9-13-12(14)6-7-17-13)8-10-2-4-11(15)5-3-10/h2-7H,8-9,15H2,1H3. The molecule has 2 N–H and O–H groups in total. The van der Waals surface area contributed by atoms with Crippen LogP contribution in [-0.4, -0.2) is 11.9 Å². The monoisotopic (exact) mass is 266 g/mol. The van der Waals surface area contributed by atoms with Gasteiger partial charge in [-0.25, -0.2) is 0 Å². The molecule has 0 spiro atoms. The van der Waals surface area contributed by atoms with Crippen molar-refractivity contribution in [1.82, 2.24) is 4.90 Å². The highest BCUT2D eigenvalue weighted by atomic mass is 35.5. The number of thiophene rings is 1. The van der Waals surface area contributed by atoms with Gasteiger partial charge in [0.25, 0.3) is 0 Å². The molecule has 4 heteroatoms. The zero-order valence-corrected chi connectivity index (χ0v) is 11.3. The summed E-state index contributed by atoms with van der Waals surface area (Å²) in [6.45, 7) is 1.77. The molecule has 0 aliphatic heterocycles. The molecule has 0 aliphatic rings. The predicted molar refractivity (Wildman–Crippen MR) is 75.4 cm³/mol. The van der Waals surface area contributed by atoms with Crippen LogP contribution in [0.5, 0.6) is 0 Å². The van der Waals surface area contributed by atoms with Crippen molar-refractivity contribution in [2.75, 3.05) is 12.8 Å². The molecule has 2 rings (SSSR count). The fourth-order valence-electron chi connectivity index (χ4n) is 1.67. The van der Waals surface area contributed by atoms with Crippen molar-refractivity contribution in [1.29, 1.82) is 0 Å². The summed E-state index contributed by atoms with van der Waals surface area (Å²) < 4.78 is 0. The Labute approximate surface area is 111 Å². The van der Waals surface area contributed by atoms with Gasteiger partial charge in [0.1, 0.15) is 0 Å². The van der Waals surface area contributed by atoms with Crippen LogP contribution >= 0.6 is 22.9 Å². The van der Waals surface area contributed by atoms with E-state index in [4.69, 9.17) is 17.3 Å². The van der Waals surface area contributed by atoms with E-state index in [0.29, 0.717) is 0 Å². The van der Waals surface area contributed by atoms with Crippen LogP contribution in [-0.2, 0) is 13.1 Å². The summed E-state index contributed by atoms with van der Waals surface area (Å²) in [7, 11) is 2.09. The van der Waals surface area contributed by atoms with Gasteiger partial charge in [0.2, 0.25) is 0 Å². The summed E-state index contributed by atoms with van der Waals surface area (Å²) in [5, 5.41) is 2.88. The number of benzene rings is 1. The number of rotatable bonds is 4. The van der Waals surface area contributed by atoms with Crippen LogP contribution in [0.2, 0.25) is 5.02 Å². The first-order chi connectivity index (χ1) is 8.15. The van der Waals surface area contributed by atoms with E-state index in [2.05, 4.69) is 24.1 Å². The van der Waals surface area contributed by atoms with Crippen LogP contribution in [0.1, 0.15) is 10.4 Å². The second kappa shape index (κ2) is 5.54. The molecule has 1 aromatic carbocycles. The van der Waals surface area contributed by atoms with E-state index in [1.807, 2.05) is 23.6 Å². The second-order valence-corrected chi connectivity index (χ2v) is 5.51. The average molecular weight is 267 g/mol. The number of nitrogen functional groups attached to an aromatic ring is 1. The average Bonchev–Trinajstić information content (AvgIpc) is 2.68. The summed E-state index contributed by atoms with van der Waals surface area (Å²) >= 11 is 7.77. The Hall–Kier alpha value is -1.03. The number of hydrogen-bond acceptors (Lipinski definition) is 3. The molecule has 1 heterocycles. The van der Waals surface area contributed by atoms with E-state index in [1.54, 1.807) is 11.3 Å². The number of nitrogens with zero attached hydrogens (tertiary/aromatic N) is 1. The number of nitrogens with two attached hydrogens (primary N) is 1. The van der Waals surface area contributed by atoms with Gasteiger partial charge in [-0.15, -0.1) is 11.3 Å². The van der Waals surface area contributed by atoms with E-state index in [1.165, 1.54) is 10.4 Å². The molecule has 1 aromatic heterocycles. The lowest BCUT2D eigenvalue weighted by atomic mass is 10.2. The van der Waals surface area contributed by atoms with Crippen molar-refractivity contribution >= 4 is 28.6 Å². The Kier molecular flexibility index (Phi) is 4.05. The largest absolute Gasteiger partial charge is 0.399 e. The lowest BCUT2D eigenvalue weighted by Gasteiger charge is -2.16. The molecular formula is C13H15ClN2S. The zero-order chi connectivity index (χ0) is 12.3. The Morgan fingerprint density at radius 3 is 2.47 bits per heavy atom. The van der Waals surface area contributed by atoms with Gasteiger partial charge in [0.05, 0.1) is 5.02 Å². The van der Waals surface area contributed by atoms with Crippen LogP contribution in [0.4, 0.5) is 5.69 Å². The molecule has 2 aromatic rings. The highest BCUT2D eigenvalue weighted by molar-refractivity contribution is 7.10. The summed E-state index contributed by atoms with van der Waals surface area (Å²) in [5.74, 6) is 0. The topological polar surface area (TPSA) is 29.3 Å². The van der Waals surface area contributed by atoms with Crippen LogP contribution in [0.25, 0.3) is 0 Å². The van der Waals surface area contributed by atoms with Crippen LogP contribution < -0.4 is 5.73 Å². The van der Waals surface area contributed by atoms with Crippen molar-refractivity contribution in [3.05, 3.63) is 51.2 Å². The number of hydrogen-bond donors (Lipinski definition) is 1. The minimum atomic E-state index is 0.803. The highest BCUT2D eigenvalue weighted by Crippen LogP contribution is 2.23. The first-order valence-electron chi connectivity index (χ1n) is 5.40. The zero-order valence-electron chi connectivity index (χ0n) is 9.69. The van der Waals surface area contributed by atoms with Gasteiger partial charge >= 0.3 is 0 Å². The Morgan fingerprint density at radius 2 is 1.88 bits per heavy atom. The predicted octanol–water partition coefficient (Wildman–Crippen LogP) is 3.62. The molecular weight excluding hydrogens is 252 g/mol. The van der Waals surface area contributed by atoms with Crippen molar-refractivity contribution in [3.63, 3.8) is 0 Å². The molecule has 0 fully saturated rings. The molecule has 0 bridgehead atoms. The fourth-order valence-corrected chi connectivity index (χ4v) is 2.85. The van der Waals surface area contributed by atoms with E-state index in [9.17, 15) is 0 Å². The third-order valence-electron chi connectivity index (χ3n) is 2.54. The van der Waals surface area contributed by atoms with Crippen molar-refractivity contribution in [2.45, 2.75) is 13.1 Å². The Bertz CT molecular complexity index is 478. The van der Waals surface area contributed by atoms with Crippen LogP contribution in [0.3, 0.4) is 0 Å². The molecule has 0 radical (unpaired) electrons. The molecule has 0 atom stereocenters. The fraction of sp³-hybridized carbons (Fsp3) is 0.231. The maximum Gasteiger partial charge on any atom is 0.0558 e. The summed E-state index contributed by atoms with van der Waals surface area (Å²) in [6, 6.07) is 9.92. The van der Waals surface area contributed by atoms with Gasteiger partial charge < -0.3 is 5.73 Å². The maximum absolute atomic E-state index is 6.07. The van der Waals surface area contributed by atoms with Gasteiger partial charge in [-0.3, -0.25) is 4.90 Å². The van der Waals surface area contributed by atoms with E-state index >= 15 is 0 Å². The molecule has 0 unspecified atom stereocenters. The van der Waals surface area contributed by atoms with Crippen molar-refractivity contribution in [2.24, 2.45) is 0 Å². The molecule has 0 saturated heterocycles. The first kappa shape index (κ1) is 12.4. The van der Waals surface area contributed by atoms with Gasteiger partial charge in [-0.2, -0.15) is 0 Å². The highest BCUT2D eigenvalue weighted by Gasteiger charge is 2.06. The van der Waals surface area contributed by atoms with E-state index in [0.717, 1.165) is 23.8 Å². The normalized spacial score (nSPS) is 11.0. The van der Waals surface area contributed by atoms with Crippen LogP contribution in [0.15, 0.2) is 35.7 Å². The SMILES string of the molecule is CN(Cc1ccc(N)cc1)Cc1sccc1Cl. The molecule has 0 amide bonds. The minimum absolute atomic E-state index is 0.803. The third-order valence-corrected chi connectivity index (χ3v) is 3.91. The molecule has 90 valence electrons. The maximum atomic E-state index is 6.07. The lowest BCUT2D eigenvalue weighted by Crippen LogP contribution is -2.16. The molecule has 0 saturated carbocycles. The second-order valence-electron chi connectivity index (χ2n) is 4.11. The van der Waals surface area contributed by atoms with Crippen molar-refractivity contribution in [3.8, 4) is 0 Å². The summed E-state index contributed by atoms with van der Waals surface area (Å²) in [6.07, 6.45) is 0. The third kappa shape index (κ3) is 3.46. The molecule has 2 nitrogen and oxygen atoms in total. The smallest absolute Gasteiger partial charge is 0.0558 e. The van der Waals surface area contributed by atoms with Gasteiger partial charge in [-0.1, -0.05) is 23.7 Å². The number of anilines is 1. The van der Waals surface area contributed by atoms with E-state index < -0.39 is 0 Å². The summed E-state index contributed by atoms with van der Waals surface area (Å²) in [5.41, 5.74) is 7.72. The quantitative estimate of drug-likeness (QED) is 0.857. The van der Waals surface area contributed by atoms with Gasteiger partial charge in [0, 0.05) is 23.7 Å².